The zero-order chi connectivity index (χ0) is 15.8. The maximum absolute atomic E-state index is 5.47. The first-order chi connectivity index (χ1) is 11.2. The summed E-state index contributed by atoms with van der Waals surface area (Å²) in [6.45, 7) is 6.30. The minimum absolute atomic E-state index is 0.261. The van der Waals surface area contributed by atoms with Crippen LogP contribution in [0, 0.1) is 0 Å². The highest BCUT2D eigenvalue weighted by Crippen LogP contribution is 2.25. The highest BCUT2D eigenvalue weighted by molar-refractivity contribution is 5.76. The molecule has 0 N–H and O–H groups in total. The van der Waals surface area contributed by atoms with Gasteiger partial charge in [-0.05, 0) is 18.6 Å². The fourth-order valence-electron chi connectivity index (χ4n) is 3.07. The standard InChI is InChI=1S/C17H20N4O2/c1-11(2)17-18-13-5-3-4-6-14(13)21(17)9-15-19-16(20-23-15)12-7-8-22-10-12/h3-6,11-12H,7-10H2,1-2H3/t12-/m1/s1. The third kappa shape index (κ3) is 2.63. The Labute approximate surface area is 134 Å². The van der Waals surface area contributed by atoms with Crippen LogP contribution < -0.4 is 0 Å². The fraction of sp³-hybridized carbons (Fsp3) is 0.471. The Balaban J connectivity index is 1.68. The van der Waals surface area contributed by atoms with Crippen molar-refractivity contribution in [3.05, 3.63) is 41.8 Å². The third-order valence-electron chi connectivity index (χ3n) is 4.27. The molecule has 0 saturated carbocycles. The average Bonchev–Trinajstić information content (AvgIpc) is 3.26. The topological polar surface area (TPSA) is 66.0 Å². The first-order valence-corrected chi connectivity index (χ1v) is 8.07. The number of para-hydroxylation sites is 2. The summed E-state index contributed by atoms with van der Waals surface area (Å²) < 4.78 is 13.0. The first-order valence-electron chi connectivity index (χ1n) is 8.07. The number of benzene rings is 1. The van der Waals surface area contributed by atoms with Gasteiger partial charge in [0.2, 0.25) is 5.89 Å². The number of imidazole rings is 1. The normalized spacial score (nSPS) is 18.3. The van der Waals surface area contributed by atoms with Gasteiger partial charge in [0.15, 0.2) is 5.82 Å². The summed E-state index contributed by atoms with van der Waals surface area (Å²) in [7, 11) is 0. The van der Waals surface area contributed by atoms with E-state index >= 15 is 0 Å². The largest absolute Gasteiger partial charge is 0.381 e. The maximum atomic E-state index is 5.47. The number of hydrogen-bond donors (Lipinski definition) is 0. The Bertz CT molecular complexity index is 815. The van der Waals surface area contributed by atoms with E-state index in [0.29, 0.717) is 25.0 Å². The lowest BCUT2D eigenvalue weighted by atomic mass is 10.1. The van der Waals surface area contributed by atoms with Gasteiger partial charge in [-0.3, -0.25) is 0 Å². The molecule has 0 amide bonds. The van der Waals surface area contributed by atoms with Gasteiger partial charge < -0.3 is 13.8 Å². The van der Waals surface area contributed by atoms with E-state index in [1.165, 1.54) is 0 Å². The molecular formula is C17H20N4O2. The van der Waals surface area contributed by atoms with E-state index in [1.807, 2.05) is 18.2 Å². The predicted molar refractivity (Wildman–Crippen MR) is 85.4 cm³/mol. The lowest BCUT2D eigenvalue weighted by molar-refractivity contribution is 0.192. The molecule has 23 heavy (non-hydrogen) atoms. The van der Waals surface area contributed by atoms with Crippen molar-refractivity contribution in [2.75, 3.05) is 13.2 Å². The second kappa shape index (κ2) is 5.77. The Morgan fingerprint density at radius 2 is 2.13 bits per heavy atom. The molecule has 3 aromatic rings. The second-order valence-electron chi connectivity index (χ2n) is 6.31. The van der Waals surface area contributed by atoms with Crippen LogP contribution in [0.25, 0.3) is 11.0 Å². The molecule has 1 aliphatic rings. The van der Waals surface area contributed by atoms with E-state index in [1.54, 1.807) is 0 Å². The summed E-state index contributed by atoms with van der Waals surface area (Å²) >= 11 is 0. The molecule has 120 valence electrons. The third-order valence-corrected chi connectivity index (χ3v) is 4.27. The first kappa shape index (κ1) is 14.4. The lowest BCUT2D eigenvalue weighted by Crippen LogP contribution is -2.07. The second-order valence-corrected chi connectivity index (χ2v) is 6.31. The zero-order valence-corrected chi connectivity index (χ0v) is 13.4. The molecule has 0 radical (unpaired) electrons. The molecule has 1 atom stereocenters. The van der Waals surface area contributed by atoms with Gasteiger partial charge in [0.05, 0.1) is 17.6 Å². The number of rotatable bonds is 4. The minimum Gasteiger partial charge on any atom is -0.381 e. The van der Waals surface area contributed by atoms with E-state index < -0.39 is 0 Å². The molecule has 6 heteroatoms. The quantitative estimate of drug-likeness (QED) is 0.740. The molecule has 0 unspecified atom stereocenters. The molecule has 0 aliphatic carbocycles. The molecule has 1 aliphatic heterocycles. The van der Waals surface area contributed by atoms with Gasteiger partial charge in [0.1, 0.15) is 12.4 Å². The summed E-state index contributed by atoms with van der Waals surface area (Å²) in [5.41, 5.74) is 2.10. The molecule has 4 rings (SSSR count). The van der Waals surface area contributed by atoms with Crippen molar-refractivity contribution in [2.45, 2.75) is 38.6 Å². The van der Waals surface area contributed by atoms with E-state index in [0.717, 1.165) is 35.7 Å². The number of aromatic nitrogens is 4. The van der Waals surface area contributed by atoms with Gasteiger partial charge in [-0.25, -0.2) is 4.98 Å². The van der Waals surface area contributed by atoms with Crippen LogP contribution in [0.2, 0.25) is 0 Å². The van der Waals surface area contributed by atoms with Crippen LogP contribution in [0.4, 0.5) is 0 Å². The highest BCUT2D eigenvalue weighted by atomic mass is 16.5. The van der Waals surface area contributed by atoms with Gasteiger partial charge >= 0.3 is 0 Å². The van der Waals surface area contributed by atoms with E-state index in [4.69, 9.17) is 14.2 Å². The number of fused-ring (bicyclic) bond motifs is 1. The molecule has 1 aromatic carbocycles. The Hall–Kier alpha value is -2.21. The Morgan fingerprint density at radius 3 is 2.91 bits per heavy atom. The van der Waals surface area contributed by atoms with Crippen LogP contribution in [0.5, 0.6) is 0 Å². The number of nitrogens with zero attached hydrogens (tertiary/aromatic N) is 4. The van der Waals surface area contributed by atoms with Crippen molar-refractivity contribution in [2.24, 2.45) is 0 Å². The van der Waals surface area contributed by atoms with Gasteiger partial charge in [-0.1, -0.05) is 31.1 Å². The van der Waals surface area contributed by atoms with Crippen molar-refractivity contribution in [1.82, 2.24) is 19.7 Å². The van der Waals surface area contributed by atoms with E-state index in [2.05, 4.69) is 34.6 Å². The highest BCUT2D eigenvalue weighted by Gasteiger charge is 2.24. The van der Waals surface area contributed by atoms with Crippen LogP contribution in [0.15, 0.2) is 28.8 Å². The molecule has 1 fully saturated rings. The fourth-order valence-corrected chi connectivity index (χ4v) is 3.07. The molecule has 0 spiro atoms. The molecule has 6 nitrogen and oxygen atoms in total. The molecule has 0 bridgehead atoms. The minimum atomic E-state index is 0.261. The summed E-state index contributed by atoms with van der Waals surface area (Å²) in [6.07, 6.45) is 0.963. The summed E-state index contributed by atoms with van der Waals surface area (Å²) in [6, 6.07) is 8.15. The summed E-state index contributed by atoms with van der Waals surface area (Å²) in [4.78, 5) is 9.31. The number of ether oxygens (including phenoxy) is 1. The van der Waals surface area contributed by atoms with Crippen molar-refractivity contribution in [1.29, 1.82) is 0 Å². The monoisotopic (exact) mass is 312 g/mol. The molecular weight excluding hydrogens is 292 g/mol. The molecule has 3 heterocycles. The SMILES string of the molecule is CC(C)c1nc2ccccc2n1Cc1nc([C@@H]2CCOC2)no1. The van der Waals surface area contributed by atoms with Crippen LogP contribution in [0.1, 0.15) is 49.6 Å². The van der Waals surface area contributed by atoms with Crippen LogP contribution in [-0.2, 0) is 11.3 Å². The van der Waals surface area contributed by atoms with Gasteiger partial charge in [-0.15, -0.1) is 0 Å². The number of hydrogen-bond acceptors (Lipinski definition) is 5. The van der Waals surface area contributed by atoms with Crippen molar-refractivity contribution in [3.8, 4) is 0 Å². The van der Waals surface area contributed by atoms with Crippen molar-refractivity contribution < 1.29 is 9.26 Å². The zero-order valence-electron chi connectivity index (χ0n) is 13.4. The molecule has 1 saturated heterocycles. The van der Waals surface area contributed by atoms with Crippen molar-refractivity contribution in [3.63, 3.8) is 0 Å². The van der Waals surface area contributed by atoms with Crippen molar-refractivity contribution >= 4 is 11.0 Å². The van der Waals surface area contributed by atoms with Crippen LogP contribution >= 0.6 is 0 Å². The van der Waals surface area contributed by atoms with Gasteiger partial charge in [-0.2, -0.15) is 4.98 Å². The summed E-state index contributed by atoms with van der Waals surface area (Å²) in [5, 5.41) is 4.13. The van der Waals surface area contributed by atoms with Crippen LogP contribution in [-0.4, -0.2) is 32.9 Å². The predicted octanol–water partition coefficient (Wildman–Crippen LogP) is 3.09. The van der Waals surface area contributed by atoms with E-state index in [9.17, 15) is 0 Å². The Kier molecular flexibility index (Phi) is 3.61. The smallest absolute Gasteiger partial charge is 0.246 e. The Morgan fingerprint density at radius 1 is 1.26 bits per heavy atom. The summed E-state index contributed by atoms with van der Waals surface area (Å²) in [5.74, 6) is 3.00. The maximum Gasteiger partial charge on any atom is 0.246 e. The van der Waals surface area contributed by atoms with Gasteiger partial charge in [0.25, 0.3) is 0 Å². The molecule has 2 aromatic heterocycles. The average molecular weight is 312 g/mol. The van der Waals surface area contributed by atoms with Gasteiger partial charge in [0, 0.05) is 18.4 Å². The van der Waals surface area contributed by atoms with Crippen LogP contribution in [0.3, 0.4) is 0 Å². The lowest BCUT2D eigenvalue weighted by Gasteiger charge is -2.08. The van der Waals surface area contributed by atoms with E-state index in [-0.39, 0.29) is 5.92 Å².